The molecule has 54 valence electrons. The number of rotatable bonds is 0. The predicted octanol–water partition coefficient (Wildman–Crippen LogP) is -2.43. The van der Waals surface area contributed by atoms with Crippen molar-refractivity contribution in [2.45, 2.75) is 0 Å². The molecule has 0 aromatic heterocycles. The summed E-state index contributed by atoms with van der Waals surface area (Å²) >= 11 is 0. The van der Waals surface area contributed by atoms with E-state index in [0.29, 0.717) is 0 Å². The molecule has 3 N–H and O–H groups in total. The molecule has 0 bridgehead atoms. The third kappa shape index (κ3) is 92.9. The van der Waals surface area contributed by atoms with Gasteiger partial charge in [0.15, 0.2) is 17.4 Å². The molecule has 0 amide bonds. The van der Waals surface area contributed by atoms with E-state index in [-0.39, 0.29) is 101 Å². The van der Waals surface area contributed by atoms with Gasteiger partial charge in [-0.1, -0.05) is 0 Å². The van der Waals surface area contributed by atoms with E-state index in [2.05, 4.69) is 0 Å². The van der Waals surface area contributed by atoms with Crippen LogP contribution in [0.1, 0.15) is 5.71 Å². The normalized spacial score (nSPS) is 6.56. The molecule has 0 aromatic carbocycles. The van der Waals surface area contributed by atoms with Crippen molar-refractivity contribution in [3.8, 4) is 0 Å². The molecule has 0 atom stereocenters. The second-order valence-corrected chi connectivity index (χ2v) is 1.54. The van der Waals surface area contributed by atoms with Crippen LogP contribution in [-0.4, -0.2) is 92.8 Å². The van der Waals surface area contributed by atoms with Gasteiger partial charge in [-0.25, -0.2) is 4.57 Å². The van der Waals surface area contributed by atoms with E-state index in [1.165, 1.54) is 0 Å². The van der Waals surface area contributed by atoms with Gasteiger partial charge in [0.1, 0.15) is 0 Å². The van der Waals surface area contributed by atoms with E-state index in [9.17, 15) is 0 Å². The van der Waals surface area contributed by atoms with Crippen LogP contribution in [0.2, 0.25) is 0 Å². The monoisotopic (exact) mass is 252 g/mol. The Hall–Kier alpha value is 3.19. The minimum Gasteiger partial charge on any atom is -1.00 e. The Labute approximate surface area is 126 Å². The standard InChI is InChI=1S/Al.Ca.Fe.Mg.H3O4P.7H/c;;;;1-5(2,3)4;;;;;;;/h;;;;(H3,1,2,3,4);;;;;;;/q;+2;;+2;;;;;4*-1. The molecule has 0 aliphatic carbocycles. The van der Waals surface area contributed by atoms with E-state index >= 15 is 0 Å². The largest absolute Gasteiger partial charge is 2.00 e. The van der Waals surface area contributed by atoms with Crippen molar-refractivity contribution in [3.63, 3.8) is 0 Å². The second-order valence-electron chi connectivity index (χ2n) is 0.513. The Morgan fingerprint density at radius 2 is 1.22 bits per heavy atom. The Morgan fingerprint density at radius 3 is 1.22 bits per heavy atom. The van der Waals surface area contributed by atoms with Crippen molar-refractivity contribution in [3.05, 3.63) is 0 Å². The zero-order chi connectivity index (χ0) is 4.50. The molecule has 0 unspecified atom stereocenters. The topological polar surface area (TPSA) is 77.8 Å². The van der Waals surface area contributed by atoms with Gasteiger partial charge < -0.3 is 20.4 Å². The molecule has 9 heteroatoms. The Morgan fingerprint density at radius 1 is 1.22 bits per heavy atom. The van der Waals surface area contributed by atoms with Gasteiger partial charge in [0, 0.05) is 17.1 Å². The first-order chi connectivity index (χ1) is 2.00. The first-order valence-corrected chi connectivity index (χ1v) is 2.35. The molecule has 4 nitrogen and oxygen atoms in total. The van der Waals surface area contributed by atoms with Crippen LogP contribution < -0.4 is 0 Å². The molecule has 0 heterocycles. The predicted molar refractivity (Wildman–Crippen MR) is 40.2 cm³/mol. The Balaban J connectivity index is -0.00000000286. The first-order valence-electron chi connectivity index (χ1n) is 0.783. The summed E-state index contributed by atoms with van der Waals surface area (Å²) in [5.74, 6) is 0. The molecular formula is H10AlCaFeMgO4P. The van der Waals surface area contributed by atoms with Gasteiger partial charge in [0.05, 0.1) is 0 Å². The molecule has 0 spiro atoms. The molecule has 0 rings (SSSR count). The third-order valence-corrected chi connectivity index (χ3v) is 0. The summed E-state index contributed by atoms with van der Waals surface area (Å²) in [6, 6.07) is 0. The molecule has 0 aromatic rings. The van der Waals surface area contributed by atoms with Crippen LogP contribution in [0.5, 0.6) is 0 Å². The van der Waals surface area contributed by atoms with E-state index in [4.69, 9.17) is 19.2 Å². The van der Waals surface area contributed by atoms with E-state index < -0.39 is 7.82 Å². The zero-order valence-corrected chi connectivity index (χ0v) is 9.59. The second kappa shape index (κ2) is 13.8. The van der Waals surface area contributed by atoms with Crippen LogP contribution in [-0.2, 0) is 21.6 Å². The molecule has 0 aliphatic rings. The average molecular weight is 252 g/mol. The molecule has 0 saturated heterocycles. The molecule has 0 saturated carbocycles. The zero-order valence-electron chi connectivity index (χ0n) is 7.96. The fourth-order valence-corrected chi connectivity index (χ4v) is 0. The molecule has 0 fully saturated rings. The fraction of sp³-hybridized carbons (Fsp3) is 0. The number of phosphoric acid groups is 1. The van der Waals surface area contributed by atoms with Crippen LogP contribution in [0.15, 0.2) is 0 Å². The van der Waals surface area contributed by atoms with Crippen molar-refractivity contribution in [2.24, 2.45) is 0 Å². The van der Waals surface area contributed by atoms with Gasteiger partial charge in [-0.05, 0) is 0 Å². The van der Waals surface area contributed by atoms with Gasteiger partial charge >= 0.3 is 68.6 Å². The number of hydrogen-bond acceptors (Lipinski definition) is 1. The molecular weight excluding hydrogens is 242 g/mol. The van der Waals surface area contributed by atoms with Gasteiger partial charge in [-0.15, -0.1) is 0 Å². The van der Waals surface area contributed by atoms with Crippen LogP contribution in [0.3, 0.4) is 0 Å². The van der Waals surface area contributed by atoms with Crippen molar-refractivity contribution in [1.29, 1.82) is 0 Å². The van der Waals surface area contributed by atoms with Crippen LogP contribution >= 0.6 is 7.82 Å². The third-order valence-electron chi connectivity index (χ3n) is 0. The minimum atomic E-state index is -4.64. The van der Waals surface area contributed by atoms with Crippen LogP contribution in [0.25, 0.3) is 0 Å². The Bertz CT molecular complexity index is 78.3. The van der Waals surface area contributed by atoms with Crippen molar-refractivity contribution in [2.75, 3.05) is 0 Å². The smallest absolute Gasteiger partial charge is 1.00 e. The van der Waals surface area contributed by atoms with Crippen molar-refractivity contribution in [1.82, 2.24) is 0 Å². The molecule has 0 aliphatic heterocycles. The summed E-state index contributed by atoms with van der Waals surface area (Å²) in [5, 5.41) is 0. The first kappa shape index (κ1) is 29.5. The summed E-state index contributed by atoms with van der Waals surface area (Å²) in [6.07, 6.45) is 0. The SMILES string of the molecule is O=P(O)(O)O.[AlH3].[Ca+2].[Fe].[H-].[H-].[H-].[H-].[Mg+2]. The van der Waals surface area contributed by atoms with E-state index in [1.807, 2.05) is 0 Å². The van der Waals surface area contributed by atoms with Gasteiger partial charge in [0.25, 0.3) is 0 Å². The summed E-state index contributed by atoms with van der Waals surface area (Å²) < 4.78 is 8.88. The van der Waals surface area contributed by atoms with E-state index in [0.717, 1.165) is 0 Å². The maximum absolute atomic E-state index is 8.88. The van der Waals surface area contributed by atoms with Gasteiger partial charge in [0.2, 0.25) is 0 Å². The van der Waals surface area contributed by atoms with Gasteiger partial charge in [-0.3, -0.25) is 0 Å². The van der Waals surface area contributed by atoms with Crippen LogP contribution in [0, 0.1) is 0 Å². The molecule has 9 heavy (non-hydrogen) atoms. The quantitative estimate of drug-likeness (QED) is 0.331. The molecule has 0 radical (unpaired) electrons. The maximum Gasteiger partial charge on any atom is 2.00 e. The average Bonchev–Trinajstić information content (AvgIpc) is 0.722. The summed E-state index contributed by atoms with van der Waals surface area (Å²) in [6.45, 7) is 0. The van der Waals surface area contributed by atoms with Crippen molar-refractivity contribution >= 4 is 86.0 Å². The van der Waals surface area contributed by atoms with Gasteiger partial charge in [-0.2, -0.15) is 0 Å². The van der Waals surface area contributed by atoms with Crippen molar-refractivity contribution < 1.29 is 42.0 Å². The number of hydrogen-bond donors (Lipinski definition) is 3. The Kier molecular flexibility index (Phi) is 45.1. The van der Waals surface area contributed by atoms with E-state index in [1.54, 1.807) is 0 Å². The van der Waals surface area contributed by atoms with Crippen LogP contribution in [0.4, 0.5) is 0 Å². The maximum atomic E-state index is 8.88. The summed E-state index contributed by atoms with van der Waals surface area (Å²) in [5.41, 5.74) is 0. The minimum absolute atomic E-state index is 0. The fourth-order valence-electron chi connectivity index (χ4n) is 0. The summed E-state index contributed by atoms with van der Waals surface area (Å²) in [7, 11) is -4.64. The summed E-state index contributed by atoms with van der Waals surface area (Å²) in [4.78, 5) is 21.6.